The molecule has 0 spiro atoms. The number of benzene rings is 2. The van der Waals surface area contributed by atoms with Crippen LogP contribution in [0.25, 0.3) is 0 Å². The Bertz CT molecular complexity index is 1090. The third-order valence-corrected chi connectivity index (χ3v) is 7.40. The van der Waals surface area contributed by atoms with E-state index in [1.807, 2.05) is 29.2 Å². The van der Waals surface area contributed by atoms with Gasteiger partial charge in [-0.25, -0.2) is 4.39 Å². The van der Waals surface area contributed by atoms with Gasteiger partial charge in [-0.15, -0.1) is 0 Å². The standard InChI is InChI=1S/C28H38FN3O5/c1-21-15-25(7-8-26(21)29)37-20-28(35)18-30(13-14-32(19-28)22(2)33)17-27(34)9-11-31(12-10-27)23-5-4-6-24(16-23)36-3/h4-8,15-16,34-35H,9-14,17-20H2,1-3H3/t28-/m1/s1. The van der Waals surface area contributed by atoms with E-state index in [4.69, 9.17) is 9.47 Å². The Morgan fingerprint density at radius 1 is 1.00 bits per heavy atom. The summed E-state index contributed by atoms with van der Waals surface area (Å²) in [5.74, 6) is 0.819. The molecule has 2 aliphatic rings. The quantitative estimate of drug-likeness (QED) is 0.586. The van der Waals surface area contributed by atoms with Crippen molar-refractivity contribution < 1.29 is 28.9 Å². The highest BCUT2D eigenvalue weighted by Crippen LogP contribution is 2.30. The fraction of sp³-hybridized carbons (Fsp3) is 0.536. The molecule has 1 amide bonds. The molecule has 0 saturated carbocycles. The number of ether oxygens (including phenoxy) is 2. The van der Waals surface area contributed by atoms with Gasteiger partial charge in [0.1, 0.15) is 29.5 Å². The molecular formula is C28H38FN3O5. The molecule has 0 radical (unpaired) electrons. The number of carbonyl (C=O) groups excluding carboxylic acids is 1. The Hall–Kier alpha value is -2.88. The van der Waals surface area contributed by atoms with Crippen LogP contribution >= 0.6 is 0 Å². The topological polar surface area (TPSA) is 85.7 Å². The fourth-order valence-corrected chi connectivity index (χ4v) is 5.22. The molecule has 2 aromatic rings. The van der Waals surface area contributed by atoms with Gasteiger partial charge in [-0.2, -0.15) is 0 Å². The van der Waals surface area contributed by atoms with E-state index in [1.165, 1.54) is 19.1 Å². The summed E-state index contributed by atoms with van der Waals surface area (Å²) < 4.78 is 24.8. The second-order valence-electron chi connectivity index (χ2n) is 10.5. The van der Waals surface area contributed by atoms with E-state index >= 15 is 0 Å². The molecule has 0 unspecified atom stereocenters. The molecule has 0 bridgehead atoms. The summed E-state index contributed by atoms with van der Waals surface area (Å²) in [4.78, 5) is 18.1. The van der Waals surface area contributed by atoms with Gasteiger partial charge in [-0.1, -0.05) is 6.07 Å². The minimum absolute atomic E-state index is 0.0552. The summed E-state index contributed by atoms with van der Waals surface area (Å²) in [7, 11) is 1.65. The van der Waals surface area contributed by atoms with Gasteiger partial charge in [-0.3, -0.25) is 9.69 Å². The first-order valence-electron chi connectivity index (χ1n) is 12.8. The number of carbonyl (C=O) groups is 1. The molecular weight excluding hydrogens is 477 g/mol. The lowest BCUT2D eigenvalue weighted by Crippen LogP contribution is -2.55. The van der Waals surface area contributed by atoms with E-state index in [2.05, 4.69) is 4.90 Å². The van der Waals surface area contributed by atoms with Crippen LogP contribution in [0.3, 0.4) is 0 Å². The lowest BCUT2D eigenvalue weighted by molar-refractivity contribution is -0.132. The number of anilines is 1. The first-order valence-corrected chi connectivity index (χ1v) is 12.8. The van der Waals surface area contributed by atoms with Crippen LogP contribution in [-0.2, 0) is 4.79 Å². The van der Waals surface area contributed by atoms with E-state index in [9.17, 15) is 19.4 Å². The van der Waals surface area contributed by atoms with Crippen LogP contribution in [0.4, 0.5) is 10.1 Å². The minimum Gasteiger partial charge on any atom is -0.497 e. The monoisotopic (exact) mass is 515 g/mol. The van der Waals surface area contributed by atoms with Crippen LogP contribution in [0.15, 0.2) is 42.5 Å². The van der Waals surface area contributed by atoms with Crippen LogP contribution in [0.1, 0.15) is 25.3 Å². The van der Waals surface area contributed by atoms with Crippen LogP contribution in [0.2, 0.25) is 0 Å². The third-order valence-electron chi connectivity index (χ3n) is 7.40. The summed E-state index contributed by atoms with van der Waals surface area (Å²) in [5, 5.41) is 23.0. The predicted octanol–water partition coefficient (Wildman–Crippen LogP) is 2.45. The lowest BCUT2D eigenvalue weighted by Gasteiger charge is -2.42. The van der Waals surface area contributed by atoms with Gasteiger partial charge in [0.15, 0.2) is 0 Å². The number of aryl methyl sites for hydroxylation is 1. The van der Waals surface area contributed by atoms with Gasteiger partial charge in [0.05, 0.1) is 19.3 Å². The van der Waals surface area contributed by atoms with E-state index < -0.39 is 11.2 Å². The molecule has 1 atom stereocenters. The van der Waals surface area contributed by atoms with Gasteiger partial charge in [0.2, 0.25) is 5.91 Å². The molecule has 2 fully saturated rings. The highest BCUT2D eigenvalue weighted by molar-refractivity contribution is 5.73. The largest absolute Gasteiger partial charge is 0.497 e. The Balaban J connectivity index is 1.41. The Kier molecular flexibility index (Phi) is 8.26. The van der Waals surface area contributed by atoms with Gasteiger partial charge in [0, 0.05) is 57.9 Å². The second-order valence-corrected chi connectivity index (χ2v) is 10.5. The first-order chi connectivity index (χ1) is 17.6. The summed E-state index contributed by atoms with van der Waals surface area (Å²) in [5.41, 5.74) is -0.727. The van der Waals surface area contributed by atoms with Crippen molar-refractivity contribution in [2.24, 2.45) is 0 Å². The Morgan fingerprint density at radius 3 is 2.43 bits per heavy atom. The van der Waals surface area contributed by atoms with Gasteiger partial charge in [-0.05, 0) is 55.7 Å². The zero-order valence-corrected chi connectivity index (χ0v) is 22.0. The number of aliphatic hydroxyl groups is 2. The lowest BCUT2D eigenvalue weighted by atomic mass is 9.90. The summed E-state index contributed by atoms with van der Waals surface area (Å²) in [6.45, 7) is 6.26. The van der Waals surface area contributed by atoms with Crippen molar-refractivity contribution in [3.05, 3.63) is 53.8 Å². The van der Waals surface area contributed by atoms with Crippen LogP contribution in [0, 0.1) is 12.7 Å². The molecule has 202 valence electrons. The van der Waals surface area contributed by atoms with Crippen molar-refractivity contribution in [1.29, 1.82) is 0 Å². The van der Waals surface area contributed by atoms with Crippen LogP contribution < -0.4 is 14.4 Å². The van der Waals surface area contributed by atoms with Crippen molar-refractivity contribution in [2.75, 3.05) is 64.4 Å². The van der Waals surface area contributed by atoms with Crippen molar-refractivity contribution in [1.82, 2.24) is 9.80 Å². The molecule has 2 heterocycles. The molecule has 2 saturated heterocycles. The van der Waals surface area contributed by atoms with Crippen molar-refractivity contribution in [2.45, 2.75) is 37.9 Å². The minimum atomic E-state index is -1.35. The number of methoxy groups -OCH3 is 1. The van der Waals surface area contributed by atoms with Gasteiger partial charge >= 0.3 is 0 Å². The number of halogens is 1. The van der Waals surface area contributed by atoms with E-state index in [0.717, 1.165) is 11.4 Å². The van der Waals surface area contributed by atoms with Crippen molar-refractivity contribution in [3.8, 4) is 11.5 Å². The molecule has 0 aromatic heterocycles. The number of rotatable bonds is 7. The van der Waals surface area contributed by atoms with E-state index in [1.54, 1.807) is 25.0 Å². The molecule has 2 aliphatic heterocycles. The normalized spacial score (nSPS) is 22.4. The predicted molar refractivity (Wildman–Crippen MR) is 140 cm³/mol. The zero-order valence-electron chi connectivity index (χ0n) is 22.0. The van der Waals surface area contributed by atoms with E-state index in [-0.39, 0.29) is 31.4 Å². The van der Waals surface area contributed by atoms with Crippen LogP contribution in [-0.4, -0.2) is 96.7 Å². The summed E-state index contributed by atoms with van der Waals surface area (Å²) in [6, 6.07) is 12.4. The summed E-state index contributed by atoms with van der Waals surface area (Å²) in [6.07, 6.45) is 1.17. The fourth-order valence-electron chi connectivity index (χ4n) is 5.22. The third kappa shape index (κ3) is 6.91. The van der Waals surface area contributed by atoms with Crippen molar-refractivity contribution >= 4 is 11.6 Å². The first kappa shape index (κ1) is 27.2. The Labute approximate surface area is 218 Å². The van der Waals surface area contributed by atoms with Crippen LogP contribution in [0.5, 0.6) is 11.5 Å². The van der Waals surface area contributed by atoms with Gasteiger partial charge in [0.25, 0.3) is 0 Å². The van der Waals surface area contributed by atoms with Gasteiger partial charge < -0.3 is 29.5 Å². The highest BCUT2D eigenvalue weighted by Gasteiger charge is 2.41. The highest BCUT2D eigenvalue weighted by atomic mass is 19.1. The molecule has 8 nitrogen and oxygen atoms in total. The zero-order chi connectivity index (χ0) is 26.6. The molecule has 9 heteroatoms. The second kappa shape index (κ2) is 11.2. The number of amides is 1. The number of hydrogen-bond donors (Lipinski definition) is 2. The summed E-state index contributed by atoms with van der Waals surface area (Å²) >= 11 is 0. The van der Waals surface area contributed by atoms with Crippen molar-refractivity contribution in [3.63, 3.8) is 0 Å². The number of piperidine rings is 1. The number of hydrogen-bond acceptors (Lipinski definition) is 7. The Morgan fingerprint density at radius 2 is 1.76 bits per heavy atom. The maximum atomic E-state index is 13.6. The average Bonchev–Trinajstić information content (AvgIpc) is 3.04. The molecule has 2 N–H and O–H groups in total. The molecule has 37 heavy (non-hydrogen) atoms. The number of nitrogens with zero attached hydrogens (tertiary/aromatic N) is 3. The maximum absolute atomic E-state index is 13.6. The SMILES string of the molecule is COc1cccc(N2CCC(O)(CN3CCN(C(C)=O)C[C@@](O)(COc4ccc(F)c(C)c4)C3)CC2)c1. The number of β-amino-alcohol motifs (C(OH)–C–C–N with tert-alkyl or cyclic N) is 2. The molecule has 2 aromatic carbocycles. The average molecular weight is 516 g/mol. The molecule has 4 rings (SSSR count). The smallest absolute Gasteiger partial charge is 0.219 e. The maximum Gasteiger partial charge on any atom is 0.219 e. The molecule has 0 aliphatic carbocycles. The van der Waals surface area contributed by atoms with E-state index in [0.29, 0.717) is 56.9 Å².